The first-order valence-electron chi connectivity index (χ1n) is 9.38. The second kappa shape index (κ2) is 7.62. The molecule has 0 fully saturated rings. The van der Waals surface area contributed by atoms with Gasteiger partial charge in [-0.3, -0.25) is 4.90 Å². The average Bonchev–Trinajstić information content (AvgIpc) is 2.95. The molecule has 4 N–H and O–H groups in total. The van der Waals surface area contributed by atoms with Crippen LogP contribution in [0.3, 0.4) is 0 Å². The number of nitrogens with zero attached hydrogens (tertiary/aromatic N) is 1. The predicted octanol–water partition coefficient (Wildman–Crippen LogP) is 3.90. The predicted molar refractivity (Wildman–Crippen MR) is 111 cm³/mol. The Morgan fingerprint density at radius 1 is 1.33 bits per heavy atom. The van der Waals surface area contributed by atoms with Gasteiger partial charge in [-0.15, -0.1) is 11.3 Å². The van der Waals surface area contributed by atoms with Gasteiger partial charge in [0, 0.05) is 24.0 Å². The van der Waals surface area contributed by atoms with Crippen molar-refractivity contribution in [3.05, 3.63) is 51.9 Å². The highest BCUT2D eigenvalue weighted by atomic mass is 32.1. The summed E-state index contributed by atoms with van der Waals surface area (Å²) in [6, 6.07) is 10.7. The number of rotatable bonds is 4. The quantitative estimate of drug-likeness (QED) is 0.778. The number of esters is 1. The monoisotopic (exact) mass is 387 g/mol. The molecule has 2 heterocycles. The van der Waals surface area contributed by atoms with Gasteiger partial charge < -0.3 is 16.2 Å². The Kier molecular flexibility index (Phi) is 5.60. The van der Waals surface area contributed by atoms with E-state index in [0.29, 0.717) is 17.1 Å². The average molecular weight is 388 g/mol. The van der Waals surface area contributed by atoms with Crippen molar-refractivity contribution in [3.63, 3.8) is 0 Å². The van der Waals surface area contributed by atoms with Crippen LogP contribution in [0.1, 0.15) is 66.1 Å². The van der Waals surface area contributed by atoms with Crippen molar-refractivity contribution in [1.29, 1.82) is 0 Å². The summed E-state index contributed by atoms with van der Waals surface area (Å²) in [6.07, 6.45) is 0.769. The van der Waals surface area contributed by atoms with Gasteiger partial charge in [0.05, 0.1) is 11.6 Å². The van der Waals surface area contributed by atoms with Crippen LogP contribution in [0.15, 0.2) is 30.3 Å². The zero-order valence-corrected chi connectivity index (χ0v) is 17.3. The SMILES string of the molecule is C[C@H](c1ccccc1)N1CCc2c(sc(N)c2C(=O)OC(C)(C)C)[C@H]1CN. The number of benzene rings is 1. The van der Waals surface area contributed by atoms with Crippen LogP contribution in [-0.2, 0) is 11.2 Å². The maximum Gasteiger partial charge on any atom is 0.341 e. The highest BCUT2D eigenvalue weighted by molar-refractivity contribution is 7.16. The molecule has 0 unspecified atom stereocenters. The molecule has 2 atom stereocenters. The Bertz CT molecular complexity index is 811. The van der Waals surface area contributed by atoms with E-state index in [9.17, 15) is 4.79 Å². The number of fused-ring (bicyclic) bond motifs is 1. The van der Waals surface area contributed by atoms with Gasteiger partial charge in [-0.05, 0) is 45.2 Å². The summed E-state index contributed by atoms with van der Waals surface area (Å²) in [7, 11) is 0. The van der Waals surface area contributed by atoms with E-state index in [0.717, 1.165) is 23.4 Å². The molecule has 27 heavy (non-hydrogen) atoms. The highest BCUT2D eigenvalue weighted by Gasteiger charge is 2.36. The molecule has 0 saturated carbocycles. The number of nitrogens with two attached hydrogens (primary N) is 2. The molecule has 2 aromatic rings. The molecule has 5 nitrogen and oxygen atoms in total. The zero-order chi connectivity index (χ0) is 19.8. The minimum Gasteiger partial charge on any atom is -0.456 e. The van der Waals surface area contributed by atoms with Gasteiger partial charge in [0.25, 0.3) is 0 Å². The number of carbonyl (C=O) groups excluding carboxylic acids is 1. The van der Waals surface area contributed by atoms with Gasteiger partial charge in [0.1, 0.15) is 10.6 Å². The normalized spacial score (nSPS) is 18.8. The number of ether oxygens (including phenoxy) is 1. The Labute approximate surface area is 165 Å². The number of hydrogen-bond acceptors (Lipinski definition) is 6. The molecular weight excluding hydrogens is 358 g/mol. The molecule has 0 radical (unpaired) electrons. The molecule has 0 spiro atoms. The minimum atomic E-state index is -0.547. The van der Waals surface area contributed by atoms with E-state index in [-0.39, 0.29) is 18.1 Å². The van der Waals surface area contributed by atoms with Gasteiger partial charge in [0.2, 0.25) is 0 Å². The Hall–Kier alpha value is -1.89. The topological polar surface area (TPSA) is 81.6 Å². The first-order valence-corrected chi connectivity index (χ1v) is 10.2. The van der Waals surface area contributed by atoms with Crippen LogP contribution < -0.4 is 11.5 Å². The highest BCUT2D eigenvalue weighted by Crippen LogP contribution is 2.44. The molecule has 6 heteroatoms. The summed E-state index contributed by atoms with van der Waals surface area (Å²) in [5.74, 6) is -0.335. The van der Waals surface area contributed by atoms with E-state index in [4.69, 9.17) is 16.2 Å². The van der Waals surface area contributed by atoms with Gasteiger partial charge >= 0.3 is 5.97 Å². The number of anilines is 1. The molecule has 1 aliphatic heterocycles. The molecule has 146 valence electrons. The molecule has 0 saturated heterocycles. The van der Waals surface area contributed by atoms with Crippen LogP contribution >= 0.6 is 11.3 Å². The largest absolute Gasteiger partial charge is 0.456 e. The molecule has 3 rings (SSSR count). The summed E-state index contributed by atoms with van der Waals surface area (Å²) >= 11 is 1.48. The third-order valence-corrected chi connectivity index (χ3v) is 6.16. The number of nitrogen functional groups attached to an aromatic ring is 1. The molecule has 0 amide bonds. The molecule has 1 aromatic heterocycles. The third-order valence-electron chi connectivity index (χ3n) is 4.99. The fraction of sp³-hybridized carbons (Fsp3) is 0.476. The lowest BCUT2D eigenvalue weighted by atomic mass is 9.94. The number of thiophene rings is 1. The van der Waals surface area contributed by atoms with Crippen molar-refractivity contribution in [1.82, 2.24) is 4.90 Å². The van der Waals surface area contributed by atoms with Crippen LogP contribution in [0.25, 0.3) is 0 Å². The lowest BCUT2D eigenvalue weighted by molar-refractivity contribution is 0.00691. The van der Waals surface area contributed by atoms with Crippen molar-refractivity contribution in [2.45, 2.75) is 51.8 Å². The molecule has 1 aromatic carbocycles. The van der Waals surface area contributed by atoms with Crippen LogP contribution in [-0.4, -0.2) is 29.6 Å². The van der Waals surface area contributed by atoms with E-state index in [1.165, 1.54) is 16.9 Å². The van der Waals surface area contributed by atoms with Crippen LogP contribution in [0, 0.1) is 0 Å². The Balaban J connectivity index is 1.93. The molecule has 0 aliphatic carbocycles. The summed E-state index contributed by atoms with van der Waals surface area (Å²) in [5.41, 5.74) is 14.7. The van der Waals surface area contributed by atoms with Gasteiger partial charge in [-0.1, -0.05) is 30.3 Å². The number of carbonyl (C=O) groups is 1. The summed E-state index contributed by atoms with van der Waals surface area (Å²) < 4.78 is 5.58. The van der Waals surface area contributed by atoms with Crippen molar-refractivity contribution < 1.29 is 9.53 Å². The first-order chi connectivity index (χ1) is 12.7. The standard InChI is InChI=1S/C21H29N3O2S/c1-13(14-8-6-5-7-9-14)24-11-10-15-17(20(25)26-21(2,3)4)19(23)27-18(15)16(24)12-22/h5-9,13,16H,10-12,22-23H2,1-4H3/t13-,16-/m1/s1. The fourth-order valence-electron chi connectivity index (χ4n) is 3.75. The van der Waals surface area contributed by atoms with Crippen molar-refractivity contribution in [2.75, 3.05) is 18.8 Å². The van der Waals surface area contributed by atoms with E-state index in [1.807, 2.05) is 26.8 Å². The van der Waals surface area contributed by atoms with E-state index >= 15 is 0 Å². The van der Waals surface area contributed by atoms with E-state index < -0.39 is 5.60 Å². The van der Waals surface area contributed by atoms with Crippen molar-refractivity contribution in [3.8, 4) is 0 Å². The van der Waals surface area contributed by atoms with Crippen LogP contribution in [0.2, 0.25) is 0 Å². The van der Waals surface area contributed by atoms with Crippen molar-refractivity contribution >= 4 is 22.3 Å². The summed E-state index contributed by atoms with van der Waals surface area (Å²) in [4.78, 5) is 16.2. The Morgan fingerprint density at radius 2 is 2.00 bits per heavy atom. The van der Waals surface area contributed by atoms with E-state index in [1.54, 1.807) is 0 Å². The lowest BCUT2D eigenvalue weighted by Gasteiger charge is -2.39. The lowest BCUT2D eigenvalue weighted by Crippen LogP contribution is -2.40. The molecule has 0 bridgehead atoms. The zero-order valence-electron chi connectivity index (χ0n) is 16.5. The van der Waals surface area contributed by atoms with Gasteiger partial charge in [-0.2, -0.15) is 0 Å². The third kappa shape index (κ3) is 4.03. The summed E-state index contributed by atoms with van der Waals surface area (Å²) in [5, 5.41) is 0.530. The molecule has 1 aliphatic rings. The van der Waals surface area contributed by atoms with Gasteiger partial charge in [-0.25, -0.2) is 4.79 Å². The second-order valence-electron chi connectivity index (χ2n) is 8.01. The van der Waals surface area contributed by atoms with Crippen LogP contribution in [0.5, 0.6) is 0 Å². The fourth-order valence-corrected chi connectivity index (χ4v) is 4.99. The smallest absolute Gasteiger partial charge is 0.341 e. The minimum absolute atomic E-state index is 0.0486. The van der Waals surface area contributed by atoms with E-state index in [2.05, 4.69) is 36.1 Å². The number of hydrogen-bond donors (Lipinski definition) is 2. The maximum absolute atomic E-state index is 12.7. The first kappa shape index (κ1) is 19.9. The maximum atomic E-state index is 12.7. The Morgan fingerprint density at radius 3 is 2.59 bits per heavy atom. The second-order valence-corrected chi connectivity index (χ2v) is 9.10. The molecular formula is C21H29N3O2S. The summed E-state index contributed by atoms with van der Waals surface area (Å²) in [6.45, 7) is 9.12. The van der Waals surface area contributed by atoms with Crippen molar-refractivity contribution in [2.24, 2.45) is 5.73 Å². The van der Waals surface area contributed by atoms with Crippen LogP contribution in [0.4, 0.5) is 5.00 Å². The van der Waals surface area contributed by atoms with Gasteiger partial charge in [0.15, 0.2) is 0 Å².